The third kappa shape index (κ3) is 3.88. The molecule has 124 valence electrons. The number of likely N-dealkylation sites (tertiary alicyclic amines) is 1. The Morgan fingerprint density at radius 2 is 2.22 bits per heavy atom. The van der Waals surface area contributed by atoms with E-state index in [-0.39, 0.29) is 42.6 Å². The molecule has 0 aromatic heterocycles. The summed E-state index contributed by atoms with van der Waals surface area (Å²) in [6.45, 7) is 1.79. The summed E-state index contributed by atoms with van der Waals surface area (Å²) in [4.78, 5) is 25.8. The minimum Gasteiger partial charge on any atom is -0.376 e. The highest BCUT2D eigenvalue weighted by Crippen LogP contribution is 2.21. The summed E-state index contributed by atoms with van der Waals surface area (Å²) in [5.74, 6) is -0.919. The number of hydrogen-bond acceptors (Lipinski definition) is 3. The van der Waals surface area contributed by atoms with Gasteiger partial charge in [0.2, 0.25) is 11.8 Å². The van der Waals surface area contributed by atoms with Crippen molar-refractivity contribution in [2.75, 3.05) is 19.7 Å². The van der Waals surface area contributed by atoms with E-state index in [0.717, 1.165) is 19.4 Å². The third-order valence-corrected chi connectivity index (χ3v) is 4.43. The molecule has 2 saturated heterocycles. The molecule has 6 heteroatoms. The summed E-state index contributed by atoms with van der Waals surface area (Å²) >= 11 is 0. The van der Waals surface area contributed by atoms with Crippen molar-refractivity contribution in [3.63, 3.8) is 0 Å². The first kappa shape index (κ1) is 15.9. The van der Waals surface area contributed by atoms with E-state index in [1.165, 1.54) is 6.07 Å². The summed E-state index contributed by atoms with van der Waals surface area (Å²) in [5.41, 5.74) is 0.473. The quantitative estimate of drug-likeness (QED) is 0.894. The van der Waals surface area contributed by atoms with Crippen molar-refractivity contribution < 1.29 is 18.7 Å². The summed E-state index contributed by atoms with van der Waals surface area (Å²) < 4.78 is 19.2. The van der Waals surface area contributed by atoms with Gasteiger partial charge in [-0.2, -0.15) is 0 Å². The molecule has 0 aliphatic carbocycles. The molecule has 1 N–H and O–H groups in total. The smallest absolute Gasteiger partial charge is 0.225 e. The summed E-state index contributed by atoms with van der Waals surface area (Å²) in [5, 5.41) is 2.87. The minimum absolute atomic E-state index is 0.0885. The highest BCUT2D eigenvalue weighted by atomic mass is 19.1. The number of rotatable bonds is 5. The fourth-order valence-electron chi connectivity index (χ4n) is 3.10. The van der Waals surface area contributed by atoms with Gasteiger partial charge in [0, 0.05) is 38.2 Å². The molecule has 2 fully saturated rings. The lowest BCUT2D eigenvalue weighted by molar-refractivity contribution is -0.129. The fraction of sp³-hybridized carbons (Fsp3) is 0.529. The average molecular weight is 320 g/mol. The maximum absolute atomic E-state index is 13.7. The van der Waals surface area contributed by atoms with Crippen molar-refractivity contribution in [1.29, 1.82) is 0 Å². The zero-order valence-electron chi connectivity index (χ0n) is 13.0. The second kappa shape index (κ2) is 7.08. The Morgan fingerprint density at radius 1 is 1.39 bits per heavy atom. The average Bonchev–Trinajstić information content (AvgIpc) is 3.18. The molecule has 2 heterocycles. The number of carbonyl (C=O) groups excluding carboxylic acids is 2. The van der Waals surface area contributed by atoms with Crippen LogP contribution < -0.4 is 5.32 Å². The molecular weight excluding hydrogens is 299 g/mol. The number of carbonyl (C=O) groups is 2. The Hall–Kier alpha value is -1.95. The first-order valence-electron chi connectivity index (χ1n) is 8.04. The molecule has 5 nitrogen and oxygen atoms in total. The molecule has 3 rings (SSSR count). The number of nitrogens with zero attached hydrogens (tertiary/aromatic N) is 1. The number of nitrogens with one attached hydrogen (secondary N) is 1. The van der Waals surface area contributed by atoms with Crippen LogP contribution in [0.5, 0.6) is 0 Å². The Kier molecular flexibility index (Phi) is 4.91. The van der Waals surface area contributed by atoms with Gasteiger partial charge in [0.15, 0.2) is 0 Å². The van der Waals surface area contributed by atoms with E-state index in [1.54, 1.807) is 23.1 Å². The normalized spacial score (nSPS) is 24.2. The largest absolute Gasteiger partial charge is 0.376 e. The number of amides is 2. The molecule has 1 aromatic carbocycles. The van der Waals surface area contributed by atoms with E-state index >= 15 is 0 Å². The van der Waals surface area contributed by atoms with Crippen LogP contribution >= 0.6 is 0 Å². The van der Waals surface area contributed by atoms with Crippen molar-refractivity contribution in [1.82, 2.24) is 10.2 Å². The standard InChI is InChI=1S/C17H21FN2O3/c18-15-6-2-1-4-12(15)10-20-11-13(8-16(20)21)17(22)19-9-14-5-3-7-23-14/h1-2,4,6,13-14H,3,5,7-11H2,(H,19,22)/t13-,14-/m0/s1. The van der Waals surface area contributed by atoms with E-state index in [9.17, 15) is 14.0 Å². The van der Waals surface area contributed by atoms with Gasteiger partial charge in [-0.15, -0.1) is 0 Å². The van der Waals surface area contributed by atoms with Gasteiger partial charge in [-0.1, -0.05) is 18.2 Å². The lowest BCUT2D eigenvalue weighted by atomic mass is 10.1. The molecule has 2 aliphatic rings. The molecule has 0 unspecified atom stereocenters. The van der Waals surface area contributed by atoms with Crippen molar-refractivity contribution in [3.05, 3.63) is 35.6 Å². The highest BCUT2D eigenvalue weighted by Gasteiger charge is 2.34. The number of hydrogen-bond donors (Lipinski definition) is 1. The zero-order valence-corrected chi connectivity index (χ0v) is 13.0. The number of ether oxygens (including phenoxy) is 1. The summed E-state index contributed by atoms with van der Waals surface area (Å²) in [6, 6.07) is 6.39. The van der Waals surface area contributed by atoms with Gasteiger partial charge >= 0.3 is 0 Å². The zero-order chi connectivity index (χ0) is 16.2. The van der Waals surface area contributed by atoms with E-state index in [2.05, 4.69) is 5.32 Å². The predicted molar refractivity (Wildman–Crippen MR) is 81.9 cm³/mol. The van der Waals surface area contributed by atoms with Crippen LogP contribution in [0.1, 0.15) is 24.8 Å². The van der Waals surface area contributed by atoms with Gasteiger partial charge < -0.3 is 15.0 Å². The van der Waals surface area contributed by atoms with Crippen molar-refractivity contribution in [2.45, 2.75) is 31.9 Å². The number of halogens is 1. The lowest BCUT2D eigenvalue weighted by Crippen LogP contribution is -2.37. The van der Waals surface area contributed by atoms with Crippen molar-refractivity contribution in [2.24, 2.45) is 5.92 Å². The molecule has 2 atom stereocenters. The Bertz CT molecular complexity index is 587. The van der Waals surface area contributed by atoms with Gasteiger partial charge in [0.05, 0.1) is 12.0 Å². The molecular formula is C17H21FN2O3. The topological polar surface area (TPSA) is 58.6 Å². The van der Waals surface area contributed by atoms with Gasteiger partial charge in [0.1, 0.15) is 5.82 Å². The minimum atomic E-state index is -0.365. The second-order valence-electron chi connectivity index (χ2n) is 6.15. The highest BCUT2D eigenvalue weighted by molar-refractivity contribution is 5.89. The summed E-state index contributed by atoms with van der Waals surface area (Å²) in [6.07, 6.45) is 2.26. The SMILES string of the molecule is O=C(NC[C@@H]1CCCO1)[C@H]1CC(=O)N(Cc2ccccc2F)C1. The molecule has 1 aromatic rings. The van der Waals surface area contributed by atoms with Crippen LogP contribution in [0.3, 0.4) is 0 Å². The van der Waals surface area contributed by atoms with E-state index in [0.29, 0.717) is 18.7 Å². The Labute approximate surface area is 134 Å². The molecule has 23 heavy (non-hydrogen) atoms. The van der Waals surface area contributed by atoms with Crippen molar-refractivity contribution >= 4 is 11.8 Å². The van der Waals surface area contributed by atoms with Crippen molar-refractivity contribution in [3.8, 4) is 0 Å². The summed E-state index contributed by atoms with van der Waals surface area (Å²) in [7, 11) is 0. The van der Waals surface area contributed by atoms with Crippen LogP contribution in [0.4, 0.5) is 4.39 Å². The molecule has 0 radical (unpaired) electrons. The third-order valence-electron chi connectivity index (χ3n) is 4.43. The monoisotopic (exact) mass is 320 g/mol. The molecule has 0 spiro atoms. The molecule has 0 saturated carbocycles. The first-order chi connectivity index (χ1) is 11.1. The van der Waals surface area contributed by atoms with Crippen LogP contribution in [0.25, 0.3) is 0 Å². The van der Waals surface area contributed by atoms with Gasteiger partial charge in [-0.3, -0.25) is 9.59 Å². The second-order valence-corrected chi connectivity index (χ2v) is 6.15. The van der Waals surface area contributed by atoms with Gasteiger partial charge in [-0.05, 0) is 18.9 Å². The predicted octanol–water partition coefficient (Wildman–Crippen LogP) is 1.47. The van der Waals surface area contributed by atoms with Crippen LogP contribution in [0, 0.1) is 11.7 Å². The molecule has 2 amide bonds. The maximum atomic E-state index is 13.7. The first-order valence-corrected chi connectivity index (χ1v) is 8.04. The van der Waals surface area contributed by atoms with Gasteiger partial charge in [-0.25, -0.2) is 4.39 Å². The van der Waals surface area contributed by atoms with Gasteiger partial charge in [0.25, 0.3) is 0 Å². The van der Waals surface area contributed by atoms with E-state index in [4.69, 9.17) is 4.74 Å². The van der Waals surface area contributed by atoms with Crippen LogP contribution in [0.2, 0.25) is 0 Å². The fourth-order valence-corrected chi connectivity index (χ4v) is 3.10. The van der Waals surface area contributed by atoms with E-state index in [1.807, 2.05) is 0 Å². The van der Waals surface area contributed by atoms with E-state index < -0.39 is 0 Å². The van der Waals surface area contributed by atoms with Crippen LogP contribution in [-0.4, -0.2) is 42.5 Å². The molecule has 2 aliphatic heterocycles. The Balaban J connectivity index is 1.52. The lowest BCUT2D eigenvalue weighted by Gasteiger charge is -2.17. The van der Waals surface area contributed by atoms with Crippen LogP contribution in [-0.2, 0) is 20.9 Å². The maximum Gasteiger partial charge on any atom is 0.225 e. The van der Waals surface area contributed by atoms with Crippen LogP contribution in [0.15, 0.2) is 24.3 Å². The molecule has 0 bridgehead atoms. The number of benzene rings is 1. The Morgan fingerprint density at radius 3 is 2.96 bits per heavy atom.